The molecule has 208 valence electrons. The van der Waals surface area contributed by atoms with Gasteiger partial charge in [-0.15, -0.1) is 0 Å². The molecule has 3 unspecified atom stereocenters. The molecule has 37 heavy (non-hydrogen) atoms. The molecule has 10 nitrogen and oxygen atoms in total. The van der Waals surface area contributed by atoms with Crippen molar-refractivity contribution < 1.29 is 28.4 Å². The molecule has 3 aliphatic rings. The van der Waals surface area contributed by atoms with Gasteiger partial charge in [0.1, 0.15) is 12.1 Å². The summed E-state index contributed by atoms with van der Waals surface area (Å²) in [5, 5.41) is 6.29. The summed E-state index contributed by atoms with van der Waals surface area (Å²) in [6, 6.07) is -1.66. The fourth-order valence-electron chi connectivity index (χ4n) is 5.75. The number of carbonyl (C=O) groups is 5. The maximum atomic E-state index is 13.8. The van der Waals surface area contributed by atoms with Gasteiger partial charge < -0.3 is 15.5 Å². The van der Waals surface area contributed by atoms with E-state index in [1.165, 1.54) is 4.90 Å². The second kappa shape index (κ2) is 12.9. The van der Waals surface area contributed by atoms with Gasteiger partial charge in [-0.25, -0.2) is 9.40 Å². The minimum absolute atomic E-state index is 0.114. The number of nitrogens with one attached hydrogen (secondary N) is 3. The Morgan fingerprint density at radius 3 is 2.54 bits per heavy atom. The van der Waals surface area contributed by atoms with Gasteiger partial charge in [0.25, 0.3) is 17.4 Å². The number of hydrogen-bond donors (Lipinski definition) is 3. The Bertz CT molecular complexity index is 890. The van der Waals surface area contributed by atoms with E-state index in [0.29, 0.717) is 38.8 Å². The Kier molecular flexibility index (Phi) is 10.1. The highest BCUT2D eigenvalue weighted by Gasteiger charge is 2.51. The van der Waals surface area contributed by atoms with E-state index in [1.807, 2.05) is 20.8 Å². The fourth-order valence-corrected chi connectivity index (χ4v) is 5.87. The Hall–Kier alpha value is -2.43. The molecule has 1 saturated carbocycles. The van der Waals surface area contributed by atoms with E-state index in [-0.39, 0.29) is 42.0 Å². The highest BCUT2D eigenvalue weighted by atomic mass is 35.5. The molecule has 1 aliphatic carbocycles. The van der Waals surface area contributed by atoms with Crippen LogP contribution in [0.5, 0.6) is 0 Å². The highest BCUT2D eigenvalue weighted by molar-refractivity contribution is 6.29. The van der Waals surface area contributed by atoms with Crippen molar-refractivity contribution in [2.45, 2.75) is 83.4 Å². The van der Waals surface area contributed by atoms with Gasteiger partial charge in [-0.3, -0.25) is 29.4 Å². The van der Waals surface area contributed by atoms with Gasteiger partial charge in [-0.1, -0.05) is 45.2 Å². The summed E-state index contributed by atoms with van der Waals surface area (Å²) < 4.78 is 13.8. The lowest BCUT2D eigenvalue weighted by Crippen LogP contribution is -2.60. The predicted molar refractivity (Wildman–Crippen MR) is 134 cm³/mol. The van der Waals surface area contributed by atoms with Gasteiger partial charge in [0.05, 0.1) is 12.5 Å². The number of carbonyl (C=O) groups excluding carboxylic acids is 5. The molecule has 0 radical (unpaired) electrons. The van der Waals surface area contributed by atoms with Crippen molar-refractivity contribution in [3.05, 3.63) is 0 Å². The summed E-state index contributed by atoms with van der Waals surface area (Å²) >= 11 is 5.41. The van der Waals surface area contributed by atoms with Crippen molar-refractivity contribution in [2.75, 3.05) is 19.6 Å². The summed E-state index contributed by atoms with van der Waals surface area (Å²) in [5.74, 6) is -3.38. The van der Waals surface area contributed by atoms with Crippen LogP contribution in [-0.2, 0) is 24.0 Å². The summed E-state index contributed by atoms with van der Waals surface area (Å²) in [6.45, 7) is 6.28. The molecule has 0 bridgehead atoms. The number of hydrazine groups is 1. The molecule has 2 aliphatic heterocycles. The van der Waals surface area contributed by atoms with Gasteiger partial charge in [0.15, 0.2) is 0 Å². The van der Waals surface area contributed by atoms with Gasteiger partial charge in [-0.05, 0) is 43.4 Å². The minimum atomic E-state index is -2.39. The first-order valence-electron chi connectivity index (χ1n) is 13.4. The van der Waals surface area contributed by atoms with Crippen LogP contribution in [0.25, 0.3) is 0 Å². The Morgan fingerprint density at radius 1 is 1.22 bits per heavy atom. The largest absolute Gasteiger partial charge is 0.356 e. The maximum absolute atomic E-state index is 13.8. The lowest BCUT2D eigenvalue weighted by molar-refractivity contribution is -0.150. The number of hydrogen-bond acceptors (Lipinski definition) is 5. The second-order valence-electron chi connectivity index (χ2n) is 10.5. The number of fused-ring (bicyclic) bond motifs is 1. The van der Waals surface area contributed by atoms with E-state index in [0.717, 1.165) is 24.3 Å². The van der Waals surface area contributed by atoms with Crippen molar-refractivity contribution in [1.29, 1.82) is 0 Å². The second-order valence-corrected chi connectivity index (χ2v) is 10.9. The third-order valence-electron chi connectivity index (χ3n) is 7.98. The van der Waals surface area contributed by atoms with Crippen LogP contribution < -0.4 is 16.1 Å². The Labute approximate surface area is 222 Å². The average Bonchev–Trinajstić information content (AvgIpc) is 3.57. The van der Waals surface area contributed by atoms with Crippen LogP contribution in [0.15, 0.2) is 0 Å². The van der Waals surface area contributed by atoms with E-state index in [2.05, 4.69) is 16.1 Å². The standard InChI is InChI=1S/C25H39ClFN5O5/c1-4-7-18(33)29-19(14(3)5-2)24(36)31-12-15-8-6-9-17(15)20(31)23(35)30-32(25(37)21(26)27)13-16-10-11-28-22(16)34/h14-17,19-21H,4-13H2,1-3H3,(H,28,34)(H,29,33)(H,30,35)/t14?,15-,16-,17-,19?,20-,21?/m0/s1. The van der Waals surface area contributed by atoms with Gasteiger partial charge in [-0.2, -0.15) is 0 Å². The molecule has 2 saturated heterocycles. The lowest BCUT2D eigenvalue weighted by Gasteiger charge is -2.34. The molecule has 0 spiro atoms. The summed E-state index contributed by atoms with van der Waals surface area (Å²) in [6.07, 6.45) is 4.55. The first-order valence-corrected chi connectivity index (χ1v) is 13.8. The van der Waals surface area contributed by atoms with Gasteiger partial charge in [0.2, 0.25) is 17.7 Å². The summed E-state index contributed by atoms with van der Waals surface area (Å²) in [5.41, 5.74) is 0.0928. The van der Waals surface area contributed by atoms with Crippen molar-refractivity contribution in [2.24, 2.45) is 23.7 Å². The topological polar surface area (TPSA) is 128 Å². The number of alkyl halides is 2. The van der Waals surface area contributed by atoms with Crippen LogP contribution in [0.4, 0.5) is 4.39 Å². The van der Waals surface area contributed by atoms with Crippen molar-refractivity contribution in [1.82, 2.24) is 26.0 Å². The van der Waals surface area contributed by atoms with Crippen LogP contribution in [-0.4, -0.2) is 76.8 Å². The zero-order valence-corrected chi connectivity index (χ0v) is 22.6. The molecule has 2 heterocycles. The quantitative estimate of drug-likeness (QED) is 0.284. The van der Waals surface area contributed by atoms with E-state index in [1.54, 1.807) is 0 Å². The number of amides is 5. The van der Waals surface area contributed by atoms with Crippen LogP contribution in [0.1, 0.15) is 65.7 Å². The summed E-state index contributed by atoms with van der Waals surface area (Å²) in [7, 11) is 0. The molecule has 0 aromatic rings. The number of nitrogens with zero attached hydrogens (tertiary/aromatic N) is 2. The number of likely N-dealkylation sites (tertiary alicyclic amines) is 1. The molecule has 3 N–H and O–H groups in total. The third kappa shape index (κ3) is 6.72. The number of halogens is 2. The van der Waals surface area contributed by atoms with Crippen molar-refractivity contribution >= 4 is 41.1 Å². The average molecular weight is 544 g/mol. The normalized spacial score (nSPS) is 27.2. The Balaban J connectivity index is 1.83. The molecule has 3 fully saturated rings. The molecule has 5 amide bonds. The predicted octanol–water partition coefficient (Wildman–Crippen LogP) is 1.47. The highest BCUT2D eigenvalue weighted by Crippen LogP contribution is 2.42. The van der Waals surface area contributed by atoms with Gasteiger partial charge >= 0.3 is 0 Å². The zero-order chi connectivity index (χ0) is 27.3. The van der Waals surface area contributed by atoms with Crippen LogP contribution >= 0.6 is 11.6 Å². The number of rotatable bonds is 10. The molecule has 3 rings (SSSR count). The molecule has 7 atom stereocenters. The smallest absolute Gasteiger partial charge is 0.291 e. The van der Waals surface area contributed by atoms with Crippen LogP contribution in [0.2, 0.25) is 0 Å². The molecule has 0 aromatic heterocycles. The molecule has 12 heteroatoms. The zero-order valence-electron chi connectivity index (χ0n) is 21.8. The van der Waals surface area contributed by atoms with E-state index >= 15 is 0 Å². The van der Waals surface area contributed by atoms with E-state index in [4.69, 9.17) is 11.6 Å². The third-order valence-corrected chi connectivity index (χ3v) is 8.17. The first-order chi connectivity index (χ1) is 17.6. The van der Waals surface area contributed by atoms with Crippen LogP contribution in [0.3, 0.4) is 0 Å². The summed E-state index contributed by atoms with van der Waals surface area (Å²) in [4.78, 5) is 65.9. The molecule has 0 aromatic carbocycles. The molecular formula is C25H39ClFN5O5. The SMILES string of the molecule is CCCC(=O)NC(C(=O)N1C[C@@H]2CCC[C@@H]2[C@H]1C(=O)NN(C[C@@H]1CCNC1=O)C(=O)C(F)Cl)C(C)CC. The fraction of sp³-hybridized carbons (Fsp3) is 0.800. The van der Waals surface area contributed by atoms with Crippen molar-refractivity contribution in [3.8, 4) is 0 Å². The Morgan fingerprint density at radius 2 is 1.95 bits per heavy atom. The van der Waals surface area contributed by atoms with Crippen molar-refractivity contribution in [3.63, 3.8) is 0 Å². The van der Waals surface area contributed by atoms with E-state index in [9.17, 15) is 28.4 Å². The van der Waals surface area contributed by atoms with Crippen LogP contribution in [0, 0.1) is 23.7 Å². The lowest BCUT2D eigenvalue weighted by atomic mass is 9.93. The minimum Gasteiger partial charge on any atom is -0.356 e. The molecular weight excluding hydrogens is 505 g/mol. The monoisotopic (exact) mass is 543 g/mol. The van der Waals surface area contributed by atoms with E-state index < -0.39 is 35.4 Å². The van der Waals surface area contributed by atoms with Gasteiger partial charge in [0, 0.05) is 19.5 Å². The maximum Gasteiger partial charge on any atom is 0.291 e. The first kappa shape index (κ1) is 29.1.